The lowest BCUT2D eigenvalue weighted by atomic mass is 10.1. The zero-order valence-corrected chi connectivity index (χ0v) is 13.3. The van der Waals surface area contributed by atoms with Crippen molar-refractivity contribution in [3.05, 3.63) is 66.0 Å². The highest BCUT2D eigenvalue weighted by molar-refractivity contribution is 5.67. The number of ether oxygens (including phenoxy) is 1. The van der Waals surface area contributed by atoms with Crippen LogP contribution in [0.2, 0.25) is 0 Å². The molecule has 1 N–H and O–H groups in total. The van der Waals surface area contributed by atoms with Gasteiger partial charge in [-0.05, 0) is 30.0 Å². The van der Waals surface area contributed by atoms with Crippen LogP contribution < -0.4 is 0 Å². The van der Waals surface area contributed by atoms with E-state index in [0.29, 0.717) is 19.4 Å². The van der Waals surface area contributed by atoms with Crippen LogP contribution in [0.5, 0.6) is 0 Å². The standard InChI is InChI=1S/C18H22N2O3/c1-20(18(22)23-14-15-7-3-2-4-8-15)12-6-10-17(21)16-9-5-11-19-13-16/h2-5,7-9,11,13,17,21H,6,10,12,14H2,1H3/t17-/m1/s1. The van der Waals surface area contributed by atoms with Crippen LogP contribution in [0.1, 0.15) is 30.1 Å². The van der Waals surface area contributed by atoms with Gasteiger partial charge in [-0.2, -0.15) is 0 Å². The lowest BCUT2D eigenvalue weighted by molar-refractivity contribution is 0.101. The summed E-state index contributed by atoms with van der Waals surface area (Å²) < 4.78 is 5.25. The molecule has 0 aliphatic carbocycles. The average molecular weight is 314 g/mol. The molecule has 0 aliphatic rings. The van der Waals surface area contributed by atoms with E-state index in [1.54, 1.807) is 25.5 Å². The summed E-state index contributed by atoms with van der Waals surface area (Å²) in [5.41, 5.74) is 1.75. The van der Waals surface area contributed by atoms with Crippen molar-refractivity contribution in [1.29, 1.82) is 0 Å². The molecule has 1 heterocycles. The molecular weight excluding hydrogens is 292 g/mol. The number of aromatic nitrogens is 1. The number of pyridine rings is 1. The van der Waals surface area contributed by atoms with Gasteiger partial charge in [0.1, 0.15) is 6.61 Å². The molecule has 2 rings (SSSR count). The second kappa shape index (κ2) is 8.90. The van der Waals surface area contributed by atoms with Crippen molar-refractivity contribution < 1.29 is 14.6 Å². The van der Waals surface area contributed by atoms with Gasteiger partial charge in [-0.15, -0.1) is 0 Å². The molecule has 1 amide bonds. The Morgan fingerprint density at radius 1 is 1.26 bits per heavy atom. The van der Waals surface area contributed by atoms with Gasteiger partial charge in [0.2, 0.25) is 0 Å². The number of aliphatic hydroxyl groups excluding tert-OH is 1. The van der Waals surface area contributed by atoms with Crippen molar-refractivity contribution in [2.24, 2.45) is 0 Å². The van der Waals surface area contributed by atoms with Crippen LogP contribution in [0.15, 0.2) is 54.9 Å². The minimum absolute atomic E-state index is 0.266. The Morgan fingerprint density at radius 2 is 2.04 bits per heavy atom. The maximum Gasteiger partial charge on any atom is 0.409 e. The Labute approximate surface area is 136 Å². The smallest absolute Gasteiger partial charge is 0.409 e. The minimum Gasteiger partial charge on any atom is -0.445 e. The summed E-state index contributed by atoms with van der Waals surface area (Å²) in [6.45, 7) is 0.799. The van der Waals surface area contributed by atoms with Gasteiger partial charge >= 0.3 is 6.09 Å². The van der Waals surface area contributed by atoms with Crippen molar-refractivity contribution in [2.75, 3.05) is 13.6 Å². The molecule has 1 aromatic heterocycles. The number of aliphatic hydroxyl groups is 1. The number of benzene rings is 1. The van der Waals surface area contributed by atoms with Crippen molar-refractivity contribution in [3.8, 4) is 0 Å². The van der Waals surface area contributed by atoms with Crippen molar-refractivity contribution in [2.45, 2.75) is 25.6 Å². The SMILES string of the molecule is CN(CCC[C@@H](O)c1cccnc1)C(=O)OCc1ccccc1. The van der Waals surface area contributed by atoms with E-state index in [2.05, 4.69) is 4.98 Å². The number of rotatable bonds is 7. The third-order valence-corrected chi connectivity index (χ3v) is 3.56. The summed E-state index contributed by atoms with van der Waals surface area (Å²) in [5, 5.41) is 10.0. The summed E-state index contributed by atoms with van der Waals surface area (Å²) in [7, 11) is 1.70. The first kappa shape index (κ1) is 17.0. The molecule has 0 radical (unpaired) electrons. The maximum atomic E-state index is 11.9. The summed E-state index contributed by atoms with van der Waals surface area (Å²) in [6.07, 6.45) is 3.67. The van der Waals surface area contributed by atoms with E-state index in [9.17, 15) is 9.90 Å². The van der Waals surface area contributed by atoms with Crippen LogP contribution in [0.4, 0.5) is 4.79 Å². The summed E-state index contributed by atoms with van der Waals surface area (Å²) in [5.74, 6) is 0. The number of amides is 1. The molecule has 0 spiro atoms. The normalized spacial score (nSPS) is 11.7. The van der Waals surface area contributed by atoms with Gasteiger partial charge in [-0.25, -0.2) is 4.79 Å². The number of carbonyl (C=O) groups is 1. The predicted molar refractivity (Wildman–Crippen MR) is 87.7 cm³/mol. The zero-order chi connectivity index (χ0) is 16.5. The second-order valence-corrected chi connectivity index (χ2v) is 5.41. The van der Waals surface area contributed by atoms with Gasteiger partial charge in [-0.1, -0.05) is 36.4 Å². The first-order valence-electron chi connectivity index (χ1n) is 7.66. The third kappa shape index (κ3) is 5.71. The molecule has 0 bridgehead atoms. The largest absolute Gasteiger partial charge is 0.445 e. The summed E-state index contributed by atoms with van der Waals surface area (Å²) >= 11 is 0. The molecule has 0 saturated carbocycles. The topological polar surface area (TPSA) is 62.7 Å². The molecular formula is C18H22N2O3. The molecule has 1 aromatic carbocycles. The molecule has 23 heavy (non-hydrogen) atoms. The Balaban J connectivity index is 1.68. The molecule has 2 aromatic rings. The van der Waals surface area contributed by atoms with E-state index in [1.807, 2.05) is 36.4 Å². The van der Waals surface area contributed by atoms with Gasteiger partial charge in [0, 0.05) is 26.0 Å². The Kier molecular flexibility index (Phi) is 6.56. The highest BCUT2D eigenvalue weighted by Gasteiger charge is 2.12. The van der Waals surface area contributed by atoms with E-state index in [4.69, 9.17) is 4.74 Å². The highest BCUT2D eigenvalue weighted by Crippen LogP contribution is 2.17. The number of carbonyl (C=O) groups excluding carboxylic acids is 1. The van der Waals surface area contributed by atoms with E-state index in [-0.39, 0.29) is 12.7 Å². The highest BCUT2D eigenvalue weighted by atomic mass is 16.6. The fourth-order valence-electron chi connectivity index (χ4n) is 2.18. The van der Waals surface area contributed by atoms with Crippen LogP contribution >= 0.6 is 0 Å². The first-order chi connectivity index (χ1) is 11.2. The average Bonchev–Trinajstić information content (AvgIpc) is 2.61. The fourth-order valence-corrected chi connectivity index (χ4v) is 2.18. The Hall–Kier alpha value is -2.40. The Bertz CT molecular complexity index is 590. The van der Waals surface area contributed by atoms with Crippen molar-refractivity contribution in [3.63, 3.8) is 0 Å². The van der Waals surface area contributed by atoms with Gasteiger partial charge < -0.3 is 14.7 Å². The summed E-state index contributed by atoms with van der Waals surface area (Å²) in [4.78, 5) is 17.4. The van der Waals surface area contributed by atoms with Crippen LogP contribution in [0.25, 0.3) is 0 Å². The Morgan fingerprint density at radius 3 is 2.74 bits per heavy atom. The number of hydrogen-bond donors (Lipinski definition) is 1. The quantitative estimate of drug-likeness (QED) is 0.852. The lowest BCUT2D eigenvalue weighted by Crippen LogP contribution is -2.28. The molecule has 0 unspecified atom stereocenters. The molecule has 5 heteroatoms. The minimum atomic E-state index is -0.558. The van der Waals surface area contributed by atoms with Gasteiger partial charge in [0.05, 0.1) is 6.10 Å². The first-order valence-corrected chi connectivity index (χ1v) is 7.66. The van der Waals surface area contributed by atoms with Crippen molar-refractivity contribution in [1.82, 2.24) is 9.88 Å². The van der Waals surface area contributed by atoms with Crippen molar-refractivity contribution >= 4 is 6.09 Å². The summed E-state index contributed by atoms with van der Waals surface area (Å²) in [6, 6.07) is 13.2. The van der Waals surface area contributed by atoms with Crippen LogP contribution in [0.3, 0.4) is 0 Å². The zero-order valence-electron chi connectivity index (χ0n) is 13.3. The van der Waals surface area contributed by atoms with E-state index in [0.717, 1.165) is 11.1 Å². The predicted octanol–water partition coefficient (Wildman–Crippen LogP) is 3.16. The third-order valence-electron chi connectivity index (χ3n) is 3.56. The van der Waals surface area contributed by atoms with E-state index < -0.39 is 6.10 Å². The molecule has 0 saturated heterocycles. The van der Waals surface area contributed by atoms with Gasteiger partial charge in [0.15, 0.2) is 0 Å². The molecule has 0 fully saturated rings. The lowest BCUT2D eigenvalue weighted by Gasteiger charge is -2.18. The number of hydrogen-bond acceptors (Lipinski definition) is 4. The van der Waals surface area contributed by atoms with E-state index in [1.165, 1.54) is 4.90 Å². The van der Waals surface area contributed by atoms with Crippen LogP contribution in [0, 0.1) is 0 Å². The van der Waals surface area contributed by atoms with Gasteiger partial charge in [0.25, 0.3) is 0 Å². The van der Waals surface area contributed by atoms with E-state index >= 15 is 0 Å². The monoisotopic (exact) mass is 314 g/mol. The molecule has 0 aliphatic heterocycles. The molecule has 1 atom stereocenters. The van der Waals surface area contributed by atoms with Crippen LogP contribution in [-0.4, -0.2) is 34.7 Å². The molecule has 122 valence electrons. The fraction of sp³-hybridized carbons (Fsp3) is 0.333. The second-order valence-electron chi connectivity index (χ2n) is 5.41. The number of nitrogens with zero attached hydrogens (tertiary/aromatic N) is 2. The van der Waals surface area contributed by atoms with Gasteiger partial charge in [-0.3, -0.25) is 4.98 Å². The molecule has 5 nitrogen and oxygen atoms in total. The van der Waals surface area contributed by atoms with Crippen LogP contribution in [-0.2, 0) is 11.3 Å². The maximum absolute atomic E-state index is 11.9.